The molecular weight excluding hydrogens is 256 g/mol. The second-order valence-electron chi connectivity index (χ2n) is 5.06. The summed E-state index contributed by atoms with van der Waals surface area (Å²) in [4.78, 5) is 17.6. The van der Waals surface area contributed by atoms with Crippen molar-refractivity contribution < 1.29 is 4.79 Å². The third kappa shape index (κ3) is 2.63. The highest BCUT2D eigenvalue weighted by molar-refractivity contribution is 7.99. The van der Waals surface area contributed by atoms with Crippen LogP contribution in [0.2, 0.25) is 0 Å². The first kappa shape index (κ1) is 12.6. The Morgan fingerprint density at radius 1 is 1.47 bits per heavy atom. The summed E-state index contributed by atoms with van der Waals surface area (Å²) in [5, 5.41) is 1.72. The number of carbonyl (C=O) groups excluding carboxylic acids is 1. The summed E-state index contributed by atoms with van der Waals surface area (Å²) in [5.41, 5.74) is 2.21. The Morgan fingerprint density at radius 2 is 2.32 bits per heavy atom. The lowest BCUT2D eigenvalue weighted by molar-refractivity contribution is -0.130. The number of aromatic amines is 1. The Hall–Kier alpha value is -1.42. The molecule has 1 N–H and O–H groups in total. The molecule has 1 aliphatic rings. The molecule has 4 heteroatoms. The smallest absolute Gasteiger partial charge is 0.227 e. The summed E-state index contributed by atoms with van der Waals surface area (Å²) < 4.78 is 0. The summed E-state index contributed by atoms with van der Waals surface area (Å²) in [6.07, 6.45) is 2.46. The van der Waals surface area contributed by atoms with Crippen molar-refractivity contribution in [3.05, 3.63) is 36.0 Å². The Balaban J connectivity index is 1.75. The van der Waals surface area contributed by atoms with E-state index in [2.05, 4.69) is 18.0 Å². The van der Waals surface area contributed by atoms with Gasteiger partial charge in [-0.3, -0.25) is 4.79 Å². The minimum atomic E-state index is 0.247. The highest BCUT2D eigenvalue weighted by Crippen LogP contribution is 2.21. The Labute approximate surface area is 117 Å². The summed E-state index contributed by atoms with van der Waals surface area (Å²) in [6.45, 7) is 3.96. The van der Waals surface area contributed by atoms with E-state index in [0.29, 0.717) is 11.7 Å². The maximum atomic E-state index is 12.4. The molecule has 19 heavy (non-hydrogen) atoms. The largest absolute Gasteiger partial charge is 0.361 e. The van der Waals surface area contributed by atoms with Gasteiger partial charge in [-0.2, -0.15) is 11.8 Å². The molecule has 1 aromatic heterocycles. The lowest BCUT2D eigenvalue weighted by Crippen LogP contribution is -2.41. The molecule has 0 aliphatic carbocycles. The second kappa shape index (κ2) is 5.29. The van der Waals surface area contributed by atoms with Gasteiger partial charge in [-0.1, -0.05) is 25.1 Å². The summed E-state index contributed by atoms with van der Waals surface area (Å²) in [7, 11) is 0. The van der Waals surface area contributed by atoms with Crippen molar-refractivity contribution in [1.29, 1.82) is 0 Å². The molecule has 3 rings (SSSR count). The third-order valence-electron chi connectivity index (χ3n) is 3.61. The zero-order valence-electron chi connectivity index (χ0n) is 11.1. The minimum absolute atomic E-state index is 0.247. The van der Waals surface area contributed by atoms with Crippen LogP contribution in [0.5, 0.6) is 0 Å². The molecule has 0 spiro atoms. The quantitative estimate of drug-likeness (QED) is 0.914. The molecule has 1 amide bonds. The monoisotopic (exact) mass is 274 g/mol. The van der Waals surface area contributed by atoms with Crippen molar-refractivity contribution in [2.45, 2.75) is 18.6 Å². The Morgan fingerprint density at radius 3 is 3.16 bits per heavy atom. The number of hydrogen-bond donors (Lipinski definition) is 1. The fraction of sp³-hybridized carbons (Fsp3) is 0.400. The molecule has 1 aliphatic heterocycles. The van der Waals surface area contributed by atoms with Crippen LogP contribution in [-0.2, 0) is 11.2 Å². The lowest BCUT2D eigenvalue weighted by atomic mass is 10.1. The Bertz CT molecular complexity index is 593. The number of H-pyrrole nitrogens is 1. The fourth-order valence-electron chi connectivity index (χ4n) is 2.60. The molecule has 2 aromatic rings. The zero-order chi connectivity index (χ0) is 13.2. The van der Waals surface area contributed by atoms with Gasteiger partial charge >= 0.3 is 0 Å². The molecule has 1 saturated heterocycles. The molecule has 1 unspecified atom stereocenters. The normalized spacial score (nSPS) is 19.8. The summed E-state index contributed by atoms with van der Waals surface area (Å²) in [6, 6.07) is 8.14. The molecule has 2 heterocycles. The van der Waals surface area contributed by atoms with Gasteiger partial charge in [-0.15, -0.1) is 0 Å². The first-order valence-electron chi connectivity index (χ1n) is 6.68. The van der Waals surface area contributed by atoms with E-state index in [4.69, 9.17) is 0 Å². The van der Waals surface area contributed by atoms with Crippen LogP contribution in [0, 0.1) is 0 Å². The van der Waals surface area contributed by atoms with Crippen LogP contribution in [-0.4, -0.2) is 39.9 Å². The van der Waals surface area contributed by atoms with E-state index in [9.17, 15) is 4.79 Å². The molecule has 100 valence electrons. The van der Waals surface area contributed by atoms with E-state index >= 15 is 0 Å². The number of hydrogen-bond acceptors (Lipinski definition) is 2. The molecule has 1 atom stereocenters. The average molecular weight is 274 g/mol. The number of para-hydroxylation sites is 1. The van der Waals surface area contributed by atoms with E-state index in [0.717, 1.165) is 35.3 Å². The van der Waals surface area contributed by atoms with E-state index in [-0.39, 0.29) is 5.91 Å². The maximum Gasteiger partial charge on any atom is 0.227 e. The van der Waals surface area contributed by atoms with Gasteiger partial charge in [0.15, 0.2) is 0 Å². The molecular formula is C15H18N2OS. The van der Waals surface area contributed by atoms with Gasteiger partial charge < -0.3 is 9.88 Å². The lowest BCUT2D eigenvalue weighted by Gasteiger charge is -2.30. The molecule has 0 radical (unpaired) electrons. The van der Waals surface area contributed by atoms with Crippen molar-refractivity contribution in [3.63, 3.8) is 0 Å². The van der Waals surface area contributed by atoms with Gasteiger partial charge in [0.05, 0.1) is 6.42 Å². The average Bonchev–Trinajstić information content (AvgIpc) is 2.82. The SMILES string of the molecule is CC1CN(C(=O)Cc2c[nH]c3ccccc23)CCS1. The number of nitrogens with zero attached hydrogens (tertiary/aromatic N) is 1. The van der Waals surface area contributed by atoms with Crippen molar-refractivity contribution in [1.82, 2.24) is 9.88 Å². The first-order valence-corrected chi connectivity index (χ1v) is 7.73. The first-order chi connectivity index (χ1) is 9.24. The predicted octanol–water partition coefficient (Wildman–Crippen LogP) is 2.67. The van der Waals surface area contributed by atoms with Crippen molar-refractivity contribution in [3.8, 4) is 0 Å². The van der Waals surface area contributed by atoms with Gasteiger partial charge in [0.1, 0.15) is 0 Å². The van der Waals surface area contributed by atoms with Gasteiger partial charge in [0.2, 0.25) is 5.91 Å². The predicted molar refractivity (Wildman–Crippen MR) is 80.5 cm³/mol. The number of aromatic nitrogens is 1. The summed E-state index contributed by atoms with van der Waals surface area (Å²) in [5.74, 6) is 1.30. The standard InChI is InChI=1S/C15H18N2OS/c1-11-10-17(6-7-19-11)15(18)8-12-9-16-14-5-3-2-4-13(12)14/h2-5,9,11,16H,6-8,10H2,1H3. The van der Waals surface area contributed by atoms with E-state index in [1.54, 1.807) is 0 Å². The van der Waals surface area contributed by atoms with Gasteiger partial charge in [0, 0.05) is 41.2 Å². The number of amides is 1. The zero-order valence-corrected chi connectivity index (χ0v) is 11.9. The van der Waals surface area contributed by atoms with Crippen LogP contribution in [0.15, 0.2) is 30.5 Å². The molecule has 1 fully saturated rings. The van der Waals surface area contributed by atoms with E-state index < -0.39 is 0 Å². The highest BCUT2D eigenvalue weighted by Gasteiger charge is 2.21. The number of nitrogens with one attached hydrogen (secondary N) is 1. The van der Waals surface area contributed by atoms with Gasteiger partial charge in [0.25, 0.3) is 0 Å². The van der Waals surface area contributed by atoms with Crippen LogP contribution < -0.4 is 0 Å². The molecule has 3 nitrogen and oxygen atoms in total. The van der Waals surface area contributed by atoms with Gasteiger partial charge in [-0.05, 0) is 11.6 Å². The number of benzene rings is 1. The Kier molecular flexibility index (Phi) is 3.51. The number of thioether (sulfide) groups is 1. The van der Waals surface area contributed by atoms with Crippen molar-refractivity contribution in [2.75, 3.05) is 18.8 Å². The fourth-order valence-corrected chi connectivity index (χ4v) is 3.61. The number of rotatable bonds is 2. The molecule has 0 bridgehead atoms. The van der Waals surface area contributed by atoms with Crippen LogP contribution >= 0.6 is 11.8 Å². The van der Waals surface area contributed by atoms with Crippen LogP contribution in [0.25, 0.3) is 10.9 Å². The number of carbonyl (C=O) groups is 1. The van der Waals surface area contributed by atoms with Crippen molar-refractivity contribution in [2.24, 2.45) is 0 Å². The van der Waals surface area contributed by atoms with E-state index in [1.165, 1.54) is 0 Å². The van der Waals surface area contributed by atoms with Gasteiger partial charge in [-0.25, -0.2) is 0 Å². The number of fused-ring (bicyclic) bond motifs is 1. The summed E-state index contributed by atoms with van der Waals surface area (Å²) >= 11 is 1.95. The van der Waals surface area contributed by atoms with Crippen LogP contribution in [0.1, 0.15) is 12.5 Å². The van der Waals surface area contributed by atoms with Crippen molar-refractivity contribution >= 4 is 28.6 Å². The third-order valence-corrected chi connectivity index (χ3v) is 4.75. The van der Waals surface area contributed by atoms with Crippen LogP contribution in [0.3, 0.4) is 0 Å². The molecule has 1 aromatic carbocycles. The molecule has 0 saturated carbocycles. The second-order valence-corrected chi connectivity index (χ2v) is 6.60. The minimum Gasteiger partial charge on any atom is -0.361 e. The maximum absolute atomic E-state index is 12.4. The topological polar surface area (TPSA) is 36.1 Å². The highest BCUT2D eigenvalue weighted by atomic mass is 32.2. The van der Waals surface area contributed by atoms with E-state index in [1.807, 2.05) is 41.1 Å². The van der Waals surface area contributed by atoms with Crippen LogP contribution in [0.4, 0.5) is 0 Å².